The number of para-hydroxylation sites is 1. The summed E-state index contributed by atoms with van der Waals surface area (Å²) in [5.41, 5.74) is 15.2. The predicted molar refractivity (Wildman–Crippen MR) is 191 cm³/mol. The lowest BCUT2D eigenvalue weighted by molar-refractivity contribution is -0.106. The molecular formula is C36H47ClN4O2S. The fourth-order valence-corrected chi connectivity index (χ4v) is 5.62. The number of fused-ring (bicyclic) bond motifs is 1. The Labute approximate surface area is 273 Å². The summed E-state index contributed by atoms with van der Waals surface area (Å²) in [6.45, 7) is 21.5. The Morgan fingerprint density at radius 1 is 1.11 bits per heavy atom. The fourth-order valence-electron chi connectivity index (χ4n) is 5.40. The van der Waals surface area contributed by atoms with Gasteiger partial charge in [0.15, 0.2) is 0 Å². The number of aromatic nitrogens is 3. The van der Waals surface area contributed by atoms with Gasteiger partial charge in [-0.05, 0) is 88.8 Å². The Morgan fingerprint density at radius 3 is 2.25 bits per heavy atom. The van der Waals surface area contributed by atoms with Crippen LogP contribution in [0.1, 0.15) is 53.5 Å². The van der Waals surface area contributed by atoms with Crippen LogP contribution in [0.2, 0.25) is 5.02 Å². The molecule has 44 heavy (non-hydrogen) atoms. The number of rotatable bonds is 10. The molecule has 2 N–H and O–H groups in total. The van der Waals surface area contributed by atoms with Gasteiger partial charge in [-0.3, -0.25) is 9.48 Å². The molecule has 2 aromatic heterocycles. The number of carbonyl (C=O) groups is 1. The highest BCUT2D eigenvalue weighted by molar-refractivity contribution is 7.84. The van der Waals surface area contributed by atoms with E-state index < -0.39 is 0 Å². The SMILES string of the molecule is C=C/C=C(/S)C=C.CCCn1c(C)c(CCCOc2cc(C)c(Cl)c(C)c2)c2cccc(-c3c(C)nn(C)c3C)c21.NC=O. The van der Waals surface area contributed by atoms with Gasteiger partial charge in [-0.15, -0.1) is 12.6 Å². The lowest BCUT2D eigenvalue weighted by atomic mass is 9.98. The van der Waals surface area contributed by atoms with Gasteiger partial charge >= 0.3 is 0 Å². The second kappa shape index (κ2) is 17.6. The van der Waals surface area contributed by atoms with Gasteiger partial charge in [0.2, 0.25) is 6.41 Å². The molecule has 4 aromatic rings. The number of carbonyl (C=O) groups excluding carboxylic acids is 1. The highest BCUT2D eigenvalue weighted by Gasteiger charge is 2.20. The molecule has 0 spiro atoms. The predicted octanol–water partition coefficient (Wildman–Crippen LogP) is 8.93. The van der Waals surface area contributed by atoms with E-state index in [9.17, 15) is 0 Å². The van der Waals surface area contributed by atoms with Crippen LogP contribution < -0.4 is 10.5 Å². The van der Waals surface area contributed by atoms with Crippen LogP contribution in [-0.2, 0) is 24.8 Å². The number of ether oxygens (including phenoxy) is 1. The molecule has 0 bridgehead atoms. The maximum atomic E-state index is 8.58. The molecule has 0 unspecified atom stereocenters. The van der Waals surface area contributed by atoms with Crippen molar-refractivity contribution >= 4 is 41.5 Å². The number of hydrogen-bond acceptors (Lipinski definition) is 4. The van der Waals surface area contributed by atoms with E-state index in [1.807, 2.05) is 37.7 Å². The van der Waals surface area contributed by atoms with Crippen LogP contribution in [0.3, 0.4) is 0 Å². The van der Waals surface area contributed by atoms with E-state index in [-0.39, 0.29) is 6.41 Å². The van der Waals surface area contributed by atoms with E-state index in [1.165, 1.54) is 39.0 Å². The average Bonchev–Trinajstić information content (AvgIpc) is 3.40. The molecule has 0 atom stereocenters. The van der Waals surface area contributed by atoms with Crippen molar-refractivity contribution < 1.29 is 9.53 Å². The van der Waals surface area contributed by atoms with Crippen molar-refractivity contribution in [1.29, 1.82) is 0 Å². The van der Waals surface area contributed by atoms with Crippen molar-refractivity contribution in [3.63, 3.8) is 0 Å². The molecule has 0 radical (unpaired) electrons. The molecule has 6 nitrogen and oxygen atoms in total. The third-order valence-electron chi connectivity index (χ3n) is 7.45. The number of halogens is 1. The molecule has 1 amide bonds. The van der Waals surface area contributed by atoms with Crippen LogP contribution in [0.15, 0.2) is 66.6 Å². The first-order chi connectivity index (χ1) is 21.0. The van der Waals surface area contributed by atoms with Crippen LogP contribution in [0.4, 0.5) is 0 Å². The summed E-state index contributed by atoms with van der Waals surface area (Å²) in [7, 11) is 2.03. The molecule has 2 heterocycles. The molecule has 2 aromatic carbocycles. The van der Waals surface area contributed by atoms with Gasteiger partial charge in [-0.2, -0.15) is 5.10 Å². The van der Waals surface area contributed by atoms with Gasteiger partial charge in [0.1, 0.15) is 5.75 Å². The van der Waals surface area contributed by atoms with Crippen LogP contribution >= 0.6 is 24.2 Å². The standard InChI is InChI=1S/C29H36ClN3O.C6H8S.CH3NO/c1-8-14-33-21(5)24(13-10-15-34-23-16-18(2)28(30)19(3)17-23)25-11-9-12-26(29(25)33)27-20(4)31-32(7)22(27)6;1-3-5-6(7)4-2;2-1-3/h9,11-12,16-17H,8,10,13-15H2,1-7H3;3-5,7H,1-2H2;1H,(H2,2,3)/b;6-5+;. The topological polar surface area (TPSA) is 75.1 Å². The second-order valence-electron chi connectivity index (χ2n) is 10.6. The molecule has 0 aliphatic rings. The third-order valence-corrected chi connectivity index (χ3v) is 8.37. The van der Waals surface area contributed by atoms with Gasteiger partial charge in [0.25, 0.3) is 0 Å². The van der Waals surface area contributed by atoms with Crippen molar-refractivity contribution in [3.8, 4) is 16.9 Å². The highest BCUT2D eigenvalue weighted by atomic mass is 35.5. The molecule has 4 rings (SSSR count). The smallest absolute Gasteiger partial charge is 0.204 e. The van der Waals surface area contributed by atoms with Gasteiger partial charge in [-0.25, -0.2) is 0 Å². The molecule has 0 aliphatic carbocycles. The zero-order chi connectivity index (χ0) is 33.0. The third kappa shape index (κ3) is 8.93. The second-order valence-corrected chi connectivity index (χ2v) is 11.5. The Kier molecular flexibility index (Phi) is 14.6. The van der Waals surface area contributed by atoms with E-state index in [4.69, 9.17) is 21.1 Å². The first kappa shape index (κ1) is 36.5. The summed E-state index contributed by atoms with van der Waals surface area (Å²) in [6, 6.07) is 10.8. The molecule has 236 valence electrons. The number of aryl methyl sites for hydroxylation is 6. The van der Waals surface area contributed by atoms with Gasteiger partial charge in [0.05, 0.1) is 17.8 Å². The molecule has 0 aliphatic heterocycles. The van der Waals surface area contributed by atoms with Crippen LogP contribution in [0.5, 0.6) is 5.75 Å². The minimum atomic E-state index is 0.250. The van der Waals surface area contributed by atoms with E-state index >= 15 is 0 Å². The van der Waals surface area contributed by atoms with Crippen molar-refractivity contribution in [3.05, 3.63) is 105 Å². The summed E-state index contributed by atoms with van der Waals surface area (Å²) in [5, 5.41) is 6.86. The number of allylic oxidation sites excluding steroid dienone is 3. The van der Waals surface area contributed by atoms with Crippen molar-refractivity contribution in [2.75, 3.05) is 6.61 Å². The Bertz CT molecular complexity index is 1610. The van der Waals surface area contributed by atoms with Crippen molar-refractivity contribution in [2.45, 2.75) is 67.3 Å². The Hall–Kier alpha value is -3.68. The molecular weight excluding hydrogens is 588 g/mol. The summed E-state index contributed by atoms with van der Waals surface area (Å²) in [6.07, 6.45) is 8.40. The van der Waals surface area contributed by atoms with Crippen molar-refractivity contribution in [1.82, 2.24) is 14.3 Å². The number of nitrogens with two attached hydrogens (primary N) is 1. The van der Waals surface area contributed by atoms with E-state index in [0.29, 0.717) is 6.61 Å². The number of nitrogens with zero attached hydrogens (tertiary/aromatic N) is 3. The summed E-state index contributed by atoms with van der Waals surface area (Å²) in [5.74, 6) is 0.898. The molecule has 0 fully saturated rings. The quantitative estimate of drug-likeness (QED) is 0.0791. The Morgan fingerprint density at radius 2 is 1.75 bits per heavy atom. The summed E-state index contributed by atoms with van der Waals surface area (Å²) < 4.78 is 10.6. The number of amides is 1. The minimum Gasteiger partial charge on any atom is -0.494 e. The monoisotopic (exact) mass is 634 g/mol. The number of benzene rings is 2. The zero-order valence-electron chi connectivity index (χ0n) is 27.2. The van der Waals surface area contributed by atoms with E-state index in [1.54, 1.807) is 18.2 Å². The van der Waals surface area contributed by atoms with E-state index in [2.05, 4.69) is 87.1 Å². The van der Waals surface area contributed by atoms with Crippen LogP contribution in [0.25, 0.3) is 22.0 Å². The van der Waals surface area contributed by atoms with E-state index in [0.717, 1.165) is 58.3 Å². The first-order valence-electron chi connectivity index (χ1n) is 14.8. The minimum absolute atomic E-state index is 0.250. The number of thiol groups is 1. The maximum absolute atomic E-state index is 8.58. The number of hydrogen-bond donors (Lipinski definition) is 2. The number of primary amides is 1. The first-order valence-corrected chi connectivity index (χ1v) is 15.6. The lowest BCUT2D eigenvalue weighted by Gasteiger charge is -2.11. The molecule has 8 heteroatoms. The van der Waals surface area contributed by atoms with Crippen LogP contribution in [0, 0.1) is 34.6 Å². The Balaban J connectivity index is 0.000000587. The zero-order valence-corrected chi connectivity index (χ0v) is 28.9. The highest BCUT2D eigenvalue weighted by Crippen LogP contribution is 2.37. The van der Waals surface area contributed by atoms with Crippen molar-refractivity contribution in [2.24, 2.45) is 12.8 Å². The largest absolute Gasteiger partial charge is 0.494 e. The molecule has 0 saturated heterocycles. The lowest BCUT2D eigenvalue weighted by Crippen LogP contribution is -2.03. The van der Waals surface area contributed by atoms with Gasteiger partial charge in [-0.1, -0.05) is 62.0 Å². The summed E-state index contributed by atoms with van der Waals surface area (Å²) in [4.78, 5) is 9.43. The van der Waals surface area contributed by atoms with Gasteiger partial charge in [0, 0.05) is 51.4 Å². The maximum Gasteiger partial charge on any atom is 0.204 e. The molecule has 0 saturated carbocycles. The fraction of sp³-hybridized carbons (Fsp3) is 0.333. The van der Waals surface area contributed by atoms with Crippen LogP contribution in [-0.4, -0.2) is 27.4 Å². The summed E-state index contributed by atoms with van der Waals surface area (Å²) >= 11 is 10.3. The van der Waals surface area contributed by atoms with Gasteiger partial charge < -0.3 is 15.0 Å². The average molecular weight is 635 g/mol. The normalized spacial score (nSPS) is 10.9.